The molecule has 0 bridgehead atoms. The summed E-state index contributed by atoms with van der Waals surface area (Å²) in [6, 6.07) is 1.31. The fraction of sp³-hybridized carbons (Fsp3) is 0.952. The van der Waals surface area contributed by atoms with Crippen LogP contribution in [0, 0.1) is 5.92 Å². The molecule has 156 valence electrons. The van der Waals surface area contributed by atoms with Crippen molar-refractivity contribution in [3.8, 4) is 0 Å². The van der Waals surface area contributed by atoms with Crippen LogP contribution in [0.15, 0.2) is 0 Å². The zero-order valence-corrected chi connectivity index (χ0v) is 17.3. The molecule has 3 saturated heterocycles. The van der Waals surface area contributed by atoms with Crippen LogP contribution in [0.2, 0.25) is 0 Å². The van der Waals surface area contributed by atoms with Crippen LogP contribution in [-0.4, -0.2) is 86.9 Å². The lowest BCUT2D eigenvalue weighted by Crippen LogP contribution is -2.54. The highest BCUT2D eigenvalue weighted by molar-refractivity contribution is 5.69. The van der Waals surface area contributed by atoms with Gasteiger partial charge in [0, 0.05) is 38.2 Å². The van der Waals surface area contributed by atoms with E-state index in [1.54, 1.807) is 0 Å². The first-order valence-corrected chi connectivity index (χ1v) is 11.0. The number of methoxy groups -OCH3 is 1. The van der Waals surface area contributed by atoms with Crippen LogP contribution in [0.3, 0.4) is 0 Å². The molecule has 0 radical (unpaired) electrons. The highest BCUT2D eigenvalue weighted by atomic mass is 16.5. The molecule has 6 heteroatoms. The molecule has 0 saturated carbocycles. The van der Waals surface area contributed by atoms with Crippen LogP contribution >= 0.6 is 0 Å². The van der Waals surface area contributed by atoms with Gasteiger partial charge in [0.2, 0.25) is 0 Å². The van der Waals surface area contributed by atoms with Gasteiger partial charge in [0.25, 0.3) is 0 Å². The number of ether oxygens (including phenoxy) is 2. The Hall–Kier alpha value is -0.690. The lowest BCUT2D eigenvalue weighted by Gasteiger charge is -2.41. The maximum absolute atomic E-state index is 11.2. The Morgan fingerprint density at radius 3 is 2.59 bits per heavy atom. The first kappa shape index (κ1) is 21.0. The largest absolute Gasteiger partial charge is 0.469 e. The molecule has 3 heterocycles. The number of nitrogens with zero attached hydrogens (tertiary/aromatic N) is 2. The van der Waals surface area contributed by atoms with Crippen molar-refractivity contribution in [2.45, 2.75) is 70.1 Å². The molecule has 3 aliphatic heterocycles. The Morgan fingerprint density at radius 1 is 1.15 bits per heavy atom. The summed E-state index contributed by atoms with van der Waals surface area (Å²) >= 11 is 0. The van der Waals surface area contributed by atoms with E-state index in [-0.39, 0.29) is 5.97 Å². The molecule has 0 aromatic heterocycles. The molecule has 3 atom stereocenters. The van der Waals surface area contributed by atoms with Gasteiger partial charge in [0.15, 0.2) is 0 Å². The van der Waals surface area contributed by atoms with Crippen molar-refractivity contribution in [3.05, 3.63) is 0 Å². The first-order valence-electron chi connectivity index (χ1n) is 11.0. The number of nitrogens with one attached hydrogen (secondary N) is 1. The maximum Gasteiger partial charge on any atom is 0.305 e. The number of carbonyl (C=O) groups excluding carboxylic acids is 1. The third-order valence-electron chi connectivity index (χ3n) is 6.60. The van der Waals surface area contributed by atoms with Crippen molar-refractivity contribution in [3.63, 3.8) is 0 Å². The average molecular weight is 382 g/mol. The van der Waals surface area contributed by atoms with E-state index >= 15 is 0 Å². The standard InChI is InChI=1S/C21H39N3O3/c1-17-15-24(16-19-5-4-14-27-19)13-9-20(17)22-18-7-11-23(12-8-18)10-3-6-21(25)26-2/h17-20,22H,3-16H2,1-2H3/t17-,19+,20+/m0/s1. The molecule has 3 fully saturated rings. The SMILES string of the molecule is COC(=O)CCCN1CCC(N[C@@H]2CCN(C[C@H]3CCCO3)C[C@@H]2C)CC1. The minimum absolute atomic E-state index is 0.0913. The van der Waals surface area contributed by atoms with Gasteiger partial charge in [0.05, 0.1) is 13.2 Å². The van der Waals surface area contributed by atoms with Crippen molar-refractivity contribution >= 4 is 5.97 Å². The third kappa shape index (κ3) is 6.70. The predicted molar refractivity (Wildman–Crippen MR) is 107 cm³/mol. The van der Waals surface area contributed by atoms with Crippen molar-refractivity contribution in [1.82, 2.24) is 15.1 Å². The normalized spacial score (nSPS) is 31.3. The van der Waals surface area contributed by atoms with Crippen LogP contribution < -0.4 is 5.32 Å². The summed E-state index contributed by atoms with van der Waals surface area (Å²) in [5.41, 5.74) is 0. The summed E-state index contributed by atoms with van der Waals surface area (Å²) in [7, 11) is 1.47. The molecular formula is C21H39N3O3. The van der Waals surface area contributed by atoms with Crippen LogP contribution in [0.5, 0.6) is 0 Å². The van der Waals surface area contributed by atoms with E-state index in [9.17, 15) is 4.79 Å². The van der Waals surface area contributed by atoms with Gasteiger partial charge in [-0.2, -0.15) is 0 Å². The molecule has 0 aromatic carbocycles. The molecule has 0 amide bonds. The van der Waals surface area contributed by atoms with E-state index in [0.29, 0.717) is 30.5 Å². The molecule has 6 nitrogen and oxygen atoms in total. The monoisotopic (exact) mass is 381 g/mol. The third-order valence-corrected chi connectivity index (χ3v) is 6.60. The second kappa shape index (κ2) is 10.7. The van der Waals surface area contributed by atoms with Gasteiger partial charge in [0.1, 0.15) is 0 Å². The van der Waals surface area contributed by atoms with E-state index in [2.05, 4.69) is 22.0 Å². The van der Waals surface area contributed by atoms with E-state index in [1.807, 2.05) is 0 Å². The number of hydrogen-bond acceptors (Lipinski definition) is 6. The van der Waals surface area contributed by atoms with Crippen molar-refractivity contribution < 1.29 is 14.3 Å². The summed E-state index contributed by atoms with van der Waals surface area (Å²) in [6.07, 6.45) is 8.10. The Morgan fingerprint density at radius 2 is 1.93 bits per heavy atom. The minimum Gasteiger partial charge on any atom is -0.469 e. The Labute approximate surface area is 164 Å². The first-order chi connectivity index (χ1) is 13.1. The smallest absolute Gasteiger partial charge is 0.305 e. The van der Waals surface area contributed by atoms with Gasteiger partial charge < -0.3 is 24.6 Å². The fourth-order valence-corrected chi connectivity index (χ4v) is 4.90. The van der Waals surface area contributed by atoms with Gasteiger partial charge in [-0.1, -0.05) is 6.92 Å². The van der Waals surface area contributed by atoms with E-state index in [0.717, 1.165) is 39.2 Å². The highest BCUT2D eigenvalue weighted by Gasteiger charge is 2.30. The number of esters is 1. The van der Waals surface area contributed by atoms with Crippen LogP contribution in [0.4, 0.5) is 0 Å². The summed E-state index contributed by atoms with van der Waals surface area (Å²) < 4.78 is 10.5. The van der Waals surface area contributed by atoms with E-state index in [1.165, 1.54) is 52.3 Å². The molecule has 3 rings (SSSR count). The van der Waals surface area contributed by atoms with Gasteiger partial charge in [-0.15, -0.1) is 0 Å². The lowest BCUT2D eigenvalue weighted by atomic mass is 9.91. The Bertz CT molecular complexity index is 448. The van der Waals surface area contributed by atoms with Gasteiger partial charge in [-0.25, -0.2) is 0 Å². The fourth-order valence-electron chi connectivity index (χ4n) is 4.90. The quantitative estimate of drug-likeness (QED) is 0.648. The van der Waals surface area contributed by atoms with E-state index in [4.69, 9.17) is 9.47 Å². The second-order valence-corrected chi connectivity index (χ2v) is 8.73. The average Bonchev–Trinajstić information content (AvgIpc) is 3.18. The molecule has 27 heavy (non-hydrogen) atoms. The maximum atomic E-state index is 11.2. The summed E-state index contributed by atoms with van der Waals surface area (Å²) in [5.74, 6) is 0.615. The predicted octanol–water partition coefficient (Wildman–Crippen LogP) is 1.88. The van der Waals surface area contributed by atoms with Crippen LogP contribution in [0.25, 0.3) is 0 Å². The molecule has 1 N–H and O–H groups in total. The van der Waals surface area contributed by atoms with Crippen molar-refractivity contribution in [1.29, 1.82) is 0 Å². The van der Waals surface area contributed by atoms with Gasteiger partial charge in [-0.05, 0) is 70.6 Å². The number of rotatable bonds is 8. The zero-order valence-electron chi connectivity index (χ0n) is 17.3. The molecule has 3 aliphatic rings. The Balaban J connectivity index is 1.30. The van der Waals surface area contributed by atoms with Gasteiger partial charge >= 0.3 is 5.97 Å². The van der Waals surface area contributed by atoms with Crippen LogP contribution in [-0.2, 0) is 14.3 Å². The molecular weight excluding hydrogens is 342 g/mol. The summed E-state index contributed by atoms with van der Waals surface area (Å²) in [4.78, 5) is 16.3. The molecule has 0 aromatic rings. The van der Waals surface area contributed by atoms with Crippen molar-refractivity contribution in [2.24, 2.45) is 5.92 Å². The summed E-state index contributed by atoms with van der Waals surface area (Å²) in [6.45, 7) is 10.2. The molecule has 0 unspecified atom stereocenters. The van der Waals surface area contributed by atoms with Crippen LogP contribution in [0.1, 0.15) is 51.9 Å². The summed E-state index contributed by atoms with van der Waals surface area (Å²) in [5, 5.41) is 3.97. The van der Waals surface area contributed by atoms with Gasteiger partial charge in [-0.3, -0.25) is 4.79 Å². The second-order valence-electron chi connectivity index (χ2n) is 8.73. The minimum atomic E-state index is -0.0913. The Kier molecular flexibility index (Phi) is 8.37. The van der Waals surface area contributed by atoms with Crippen molar-refractivity contribution in [2.75, 3.05) is 53.0 Å². The zero-order chi connectivity index (χ0) is 19.1. The highest BCUT2D eigenvalue weighted by Crippen LogP contribution is 2.22. The van der Waals surface area contributed by atoms with E-state index < -0.39 is 0 Å². The topological polar surface area (TPSA) is 54.0 Å². The molecule has 0 spiro atoms. The molecule has 0 aliphatic carbocycles. The number of carbonyl (C=O) groups is 1. The number of hydrogen-bond donors (Lipinski definition) is 1. The number of likely N-dealkylation sites (tertiary alicyclic amines) is 2. The lowest BCUT2D eigenvalue weighted by molar-refractivity contribution is -0.140. The number of piperidine rings is 2.